The number of hydrogen-bond acceptors (Lipinski definition) is 4. The molecule has 0 heterocycles. The smallest absolute Gasteiger partial charge is 0.408 e. The third-order valence-electron chi connectivity index (χ3n) is 6.19. The molecule has 2 aromatic carbocycles. The summed E-state index contributed by atoms with van der Waals surface area (Å²) in [7, 11) is 0. The molecule has 1 aliphatic carbocycles. The highest BCUT2D eigenvalue weighted by molar-refractivity contribution is 5.99. The van der Waals surface area contributed by atoms with E-state index in [1.54, 1.807) is 31.7 Å². The van der Waals surface area contributed by atoms with Crippen molar-refractivity contribution in [1.82, 2.24) is 10.2 Å². The first-order valence-electron chi connectivity index (χ1n) is 12.8. The predicted octanol–water partition coefficient (Wildman–Crippen LogP) is 5.86. The van der Waals surface area contributed by atoms with Crippen LogP contribution in [0.1, 0.15) is 70.2 Å². The van der Waals surface area contributed by atoms with Crippen molar-refractivity contribution in [3.05, 3.63) is 71.8 Å². The Morgan fingerprint density at radius 3 is 2.32 bits per heavy atom. The third-order valence-corrected chi connectivity index (χ3v) is 6.19. The van der Waals surface area contributed by atoms with E-state index < -0.39 is 23.8 Å². The van der Waals surface area contributed by atoms with Crippen LogP contribution in [0.15, 0.2) is 55.1 Å². The molecule has 1 fully saturated rings. The average Bonchev–Trinajstić information content (AvgIpc) is 3.65. The summed E-state index contributed by atoms with van der Waals surface area (Å²) >= 11 is 0. The summed E-state index contributed by atoms with van der Waals surface area (Å²) in [6.07, 6.45) is 2.63. The van der Waals surface area contributed by atoms with Crippen LogP contribution in [0, 0.1) is 12.8 Å². The zero-order valence-corrected chi connectivity index (χ0v) is 22.7. The lowest BCUT2D eigenvalue weighted by Crippen LogP contribution is -2.55. The molecule has 1 aliphatic rings. The Hall–Kier alpha value is -3.61. The molecule has 0 aromatic heterocycles. The molecule has 3 rings (SSSR count). The summed E-state index contributed by atoms with van der Waals surface area (Å²) in [6.45, 7) is 14.8. The number of nitrogens with zero attached hydrogens (tertiary/aromatic N) is 1. The van der Waals surface area contributed by atoms with Gasteiger partial charge in [0.15, 0.2) is 0 Å². The Morgan fingerprint density at radius 1 is 1.08 bits per heavy atom. The Labute approximate surface area is 220 Å². The highest BCUT2D eigenvalue weighted by Gasteiger charge is 2.44. The number of amides is 3. The number of carbonyl (C=O) groups is 3. The number of anilines is 1. The molecule has 7 heteroatoms. The van der Waals surface area contributed by atoms with E-state index in [9.17, 15) is 14.4 Å². The van der Waals surface area contributed by atoms with Crippen LogP contribution in [0.5, 0.6) is 0 Å². The maximum atomic E-state index is 14.1. The minimum Gasteiger partial charge on any atom is -0.444 e. The molecule has 0 radical (unpaired) electrons. The van der Waals surface area contributed by atoms with Gasteiger partial charge in [0.05, 0.1) is 0 Å². The van der Waals surface area contributed by atoms with E-state index >= 15 is 0 Å². The number of carbonyl (C=O) groups excluding carboxylic acids is 3. The maximum absolute atomic E-state index is 14.1. The second-order valence-corrected chi connectivity index (χ2v) is 10.9. The fraction of sp³-hybridized carbons (Fsp3) is 0.433. The Kier molecular flexibility index (Phi) is 8.79. The van der Waals surface area contributed by atoms with E-state index in [1.807, 2.05) is 69.3 Å². The highest BCUT2D eigenvalue weighted by atomic mass is 16.6. The average molecular weight is 506 g/mol. The van der Waals surface area contributed by atoms with Crippen LogP contribution in [0.25, 0.3) is 6.08 Å². The van der Waals surface area contributed by atoms with Crippen molar-refractivity contribution < 1.29 is 19.1 Å². The van der Waals surface area contributed by atoms with Gasteiger partial charge in [-0.1, -0.05) is 62.9 Å². The quantitative estimate of drug-likeness (QED) is 0.447. The highest BCUT2D eigenvalue weighted by Crippen LogP contribution is 2.37. The molecule has 7 nitrogen and oxygen atoms in total. The van der Waals surface area contributed by atoms with Gasteiger partial charge in [0.2, 0.25) is 5.91 Å². The Bertz CT molecular complexity index is 1150. The van der Waals surface area contributed by atoms with Crippen LogP contribution < -0.4 is 10.6 Å². The minimum absolute atomic E-state index is 0.103. The Balaban J connectivity index is 2.01. The summed E-state index contributed by atoms with van der Waals surface area (Å²) in [6, 6.07) is 13.2. The predicted molar refractivity (Wildman–Crippen MR) is 147 cm³/mol. The van der Waals surface area contributed by atoms with E-state index in [2.05, 4.69) is 17.2 Å². The molecule has 0 saturated heterocycles. The molecule has 2 N–H and O–H groups in total. The van der Waals surface area contributed by atoms with E-state index in [0.29, 0.717) is 11.3 Å². The van der Waals surface area contributed by atoms with E-state index in [4.69, 9.17) is 4.74 Å². The van der Waals surface area contributed by atoms with E-state index in [0.717, 1.165) is 24.0 Å². The molecule has 2 atom stereocenters. The molecular weight excluding hydrogens is 466 g/mol. The molecule has 2 unspecified atom stereocenters. The zero-order valence-electron chi connectivity index (χ0n) is 22.7. The number of nitrogens with one attached hydrogen (secondary N) is 2. The largest absolute Gasteiger partial charge is 0.444 e. The van der Waals surface area contributed by atoms with Gasteiger partial charge in [-0.2, -0.15) is 0 Å². The van der Waals surface area contributed by atoms with Gasteiger partial charge in [0, 0.05) is 11.7 Å². The van der Waals surface area contributed by atoms with Crippen molar-refractivity contribution in [3.63, 3.8) is 0 Å². The molecule has 0 aliphatic heterocycles. The van der Waals surface area contributed by atoms with Crippen LogP contribution in [0.3, 0.4) is 0 Å². The third kappa shape index (κ3) is 7.44. The first kappa shape index (κ1) is 28.0. The topological polar surface area (TPSA) is 87.7 Å². The first-order valence-corrected chi connectivity index (χ1v) is 12.8. The number of alkyl carbamates (subject to hydrolysis) is 1. The number of ether oxygens (including phenoxy) is 1. The van der Waals surface area contributed by atoms with Gasteiger partial charge in [-0.3, -0.25) is 9.59 Å². The summed E-state index contributed by atoms with van der Waals surface area (Å²) < 4.78 is 5.43. The van der Waals surface area contributed by atoms with Crippen LogP contribution in [0.4, 0.5) is 10.5 Å². The van der Waals surface area contributed by atoms with Crippen molar-refractivity contribution >= 4 is 29.7 Å². The molecule has 2 aromatic rings. The minimum atomic E-state index is -0.888. The fourth-order valence-corrected chi connectivity index (χ4v) is 4.19. The maximum Gasteiger partial charge on any atom is 0.408 e. The number of benzene rings is 2. The van der Waals surface area contributed by atoms with Crippen LogP contribution in [0.2, 0.25) is 0 Å². The summed E-state index contributed by atoms with van der Waals surface area (Å²) in [4.78, 5) is 42.3. The molecule has 0 bridgehead atoms. The van der Waals surface area contributed by atoms with Crippen molar-refractivity contribution in [3.8, 4) is 0 Å². The number of hydrogen-bond donors (Lipinski definition) is 2. The lowest BCUT2D eigenvalue weighted by molar-refractivity contribution is -0.142. The number of aryl methyl sites for hydroxylation is 1. The molecule has 37 heavy (non-hydrogen) atoms. The first-order chi connectivity index (χ1) is 17.4. The lowest BCUT2D eigenvalue weighted by atomic mass is 9.97. The molecule has 3 amide bonds. The molecular formula is C30H39N3O4. The normalized spacial score (nSPS) is 14.9. The molecule has 198 valence electrons. The van der Waals surface area contributed by atoms with Gasteiger partial charge in [-0.05, 0) is 75.3 Å². The standard InChI is InChI=1S/C30H39N3O4/c1-8-21-13-11-14-22(18-21)26(27(34)31-24-15-10-9-12-20(24)4)33(23-16-17-23)28(35)25(19(2)3)32-29(36)37-30(5,6)7/h8-15,18-19,23,25-26H,1,16-17H2,2-7H3,(H,31,34)(H,32,36). The van der Waals surface area contributed by atoms with Gasteiger partial charge in [-0.25, -0.2) is 4.79 Å². The van der Waals surface area contributed by atoms with E-state index in [1.165, 1.54) is 0 Å². The number of para-hydroxylation sites is 1. The van der Waals surface area contributed by atoms with Crippen molar-refractivity contribution in [2.45, 2.75) is 78.1 Å². The summed E-state index contributed by atoms with van der Waals surface area (Å²) in [5.41, 5.74) is 2.44. The Morgan fingerprint density at radius 2 is 1.76 bits per heavy atom. The second-order valence-electron chi connectivity index (χ2n) is 10.9. The van der Waals surface area contributed by atoms with Gasteiger partial charge in [0.1, 0.15) is 17.7 Å². The van der Waals surface area contributed by atoms with Crippen molar-refractivity contribution in [1.29, 1.82) is 0 Å². The van der Waals surface area contributed by atoms with Crippen LogP contribution in [-0.2, 0) is 14.3 Å². The zero-order chi connectivity index (χ0) is 27.3. The van der Waals surface area contributed by atoms with Crippen molar-refractivity contribution in [2.24, 2.45) is 5.92 Å². The summed E-state index contributed by atoms with van der Waals surface area (Å²) in [5, 5.41) is 5.80. The van der Waals surface area contributed by atoms with Crippen LogP contribution in [-0.4, -0.2) is 40.5 Å². The number of rotatable bonds is 9. The lowest BCUT2D eigenvalue weighted by Gasteiger charge is -2.36. The van der Waals surface area contributed by atoms with Crippen molar-refractivity contribution in [2.75, 3.05) is 5.32 Å². The SMILES string of the molecule is C=Cc1cccc(C(C(=O)Nc2ccccc2C)N(C(=O)C(NC(=O)OC(C)(C)C)C(C)C)C2CC2)c1. The van der Waals surface area contributed by atoms with Gasteiger partial charge in [0.25, 0.3) is 5.91 Å². The van der Waals surface area contributed by atoms with Gasteiger partial charge >= 0.3 is 6.09 Å². The van der Waals surface area contributed by atoms with E-state index in [-0.39, 0.29) is 23.8 Å². The van der Waals surface area contributed by atoms with Crippen LogP contribution >= 0.6 is 0 Å². The summed E-state index contributed by atoms with van der Waals surface area (Å²) in [5.74, 6) is -0.839. The fourth-order valence-electron chi connectivity index (χ4n) is 4.19. The monoisotopic (exact) mass is 505 g/mol. The molecule has 1 saturated carbocycles. The second kappa shape index (κ2) is 11.6. The van der Waals surface area contributed by atoms with Gasteiger partial charge < -0.3 is 20.3 Å². The molecule has 0 spiro atoms. The van der Waals surface area contributed by atoms with Gasteiger partial charge in [-0.15, -0.1) is 0 Å².